The van der Waals surface area contributed by atoms with E-state index in [0.29, 0.717) is 6.54 Å². The molecule has 6 heteroatoms. The first-order valence-corrected chi connectivity index (χ1v) is 9.53. The highest BCUT2D eigenvalue weighted by Gasteiger charge is 2.20. The number of rotatable bonds is 9. The Hall–Kier alpha value is -2.57. The fraction of sp³-hybridized carbons (Fsp3) is 0.250. The number of nitrogens with zero attached hydrogens (tertiary/aromatic N) is 2. The summed E-state index contributed by atoms with van der Waals surface area (Å²) >= 11 is 1.59. The summed E-state index contributed by atoms with van der Waals surface area (Å²) in [5.74, 6) is 0.0104. The number of amides is 1. The molecule has 1 amide bonds. The van der Waals surface area contributed by atoms with Crippen molar-refractivity contribution in [2.45, 2.75) is 18.9 Å². The van der Waals surface area contributed by atoms with E-state index >= 15 is 0 Å². The lowest BCUT2D eigenvalue weighted by molar-refractivity contribution is -0.123. The second kappa shape index (κ2) is 9.79. The molecule has 26 heavy (non-hydrogen) atoms. The number of carbonyl (C=O) groups excluding carboxylic acids is 1. The molecule has 3 rings (SSSR count). The lowest BCUT2D eigenvalue weighted by Crippen LogP contribution is -2.38. The summed E-state index contributed by atoms with van der Waals surface area (Å²) in [5, 5.41) is 8.43. The normalized spacial score (nSPS) is 11.8. The highest BCUT2D eigenvalue weighted by Crippen LogP contribution is 2.19. The van der Waals surface area contributed by atoms with E-state index in [4.69, 9.17) is 0 Å². The lowest BCUT2D eigenvalue weighted by atomic mass is 10.1. The topological polar surface area (TPSA) is 66.9 Å². The first-order chi connectivity index (χ1) is 12.8. The van der Waals surface area contributed by atoms with Crippen LogP contribution in [0.3, 0.4) is 0 Å². The van der Waals surface area contributed by atoms with Gasteiger partial charge < -0.3 is 10.6 Å². The number of thiophene rings is 1. The molecule has 0 aromatic carbocycles. The van der Waals surface area contributed by atoms with Crippen molar-refractivity contribution in [2.75, 3.05) is 13.1 Å². The molecule has 0 saturated carbocycles. The van der Waals surface area contributed by atoms with E-state index in [2.05, 4.69) is 20.6 Å². The summed E-state index contributed by atoms with van der Waals surface area (Å²) in [4.78, 5) is 21.8. The Kier molecular flexibility index (Phi) is 6.87. The van der Waals surface area contributed by atoms with Gasteiger partial charge in [0.15, 0.2) is 0 Å². The zero-order valence-corrected chi connectivity index (χ0v) is 15.3. The Bertz CT molecular complexity index is 778. The molecule has 3 aromatic rings. The van der Waals surface area contributed by atoms with Crippen LogP contribution in [0.15, 0.2) is 66.6 Å². The minimum atomic E-state index is -0.325. The third-order valence-electron chi connectivity index (χ3n) is 4.06. The predicted molar refractivity (Wildman–Crippen MR) is 104 cm³/mol. The first-order valence-electron chi connectivity index (χ1n) is 8.65. The van der Waals surface area contributed by atoms with Crippen molar-refractivity contribution >= 4 is 17.2 Å². The van der Waals surface area contributed by atoms with Crippen LogP contribution in [-0.4, -0.2) is 29.0 Å². The zero-order valence-electron chi connectivity index (χ0n) is 14.5. The maximum absolute atomic E-state index is 12.7. The first kappa shape index (κ1) is 18.2. The molecule has 0 aliphatic carbocycles. The summed E-state index contributed by atoms with van der Waals surface area (Å²) in [7, 11) is 0. The summed E-state index contributed by atoms with van der Waals surface area (Å²) in [6.45, 7) is 1.33. The van der Waals surface area contributed by atoms with Gasteiger partial charge in [-0.1, -0.05) is 6.07 Å². The average Bonchev–Trinajstić information content (AvgIpc) is 3.21. The van der Waals surface area contributed by atoms with Gasteiger partial charge in [0.1, 0.15) is 6.04 Å². The largest absolute Gasteiger partial charge is 0.354 e. The van der Waals surface area contributed by atoms with Gasteiger partial charge in [0, 0.05) is 42.8 Å². The quantitative estimate of drug-likeness (QED) is 0.611. The summed E-state index contributed by atoms with van der Waals surface area (Å²) in [5.41, 5.74) is 2.37. The number of aromatic nitrogens is 2. The van der Waals surface area contributed by atoms with E-state index in [0.717, 1.165) is 24.3 Å². The summed E-state index contributed by atoms with van der Waals surface area (Å²) in [6, 6.07) is 11.6. The number of carbonyl (C=O) groups is 1. The fourth-order valence-electron chi connectivity index (χ4n) is 2.67. The van der Waals surface area contributed by atoms with Crippen LogP contribution < -0.4 is 10.6 Å². The molecule has 0 bridgehead atoms. The molecule has 0 saturated heterocycles. The molecule has 0 fully saturated rings. The van der Waals surface area contributed by atoms with Crippen molar-refractivity contribution in [1.29, 1.82) is 0 Å². The molecule has 5 nitrogen and oxygen atoms in total. The Morgan fingerprint density at radius 2 is 1.54 bits per heavy atom. The molecule has 1 atom stereocenters. The smallest absolute Gasteiger partial charge is 0.242 e. The Balaban J connectivity index is 1.52. The molecule has 3 aromatic heterocycles. The maximum Gasteiger partial charge on any atom is 0.242 e. The monoisotopic (exact) mass is 366 g/mol. The summed E-state index contributed by atoms with van der Waals surface area (Å²) in [6.07, 6.45) is 8.77. The SMILES string of the molecule is O=C(NCCc1ccncc1)[C@H](NCCc1ccncc1)c1cccs1. The van der Waals surface area contributed by atoms with Gasteiger partial charge in [-0.05, 0) is 59.7 Å². The second-order valence-corrected chi connectivity index (χ2v) is 6.88. The molecular formula is C20H22N4OS. The molecule has 0 radical (unpaired) electrons. The van der Waals surface area contributed by atoms with Crippen LogP contribution in [0, 0.1) is 0 Å². The summed E-state index contributed by atoms with van der Waals surface area (Å²) < 4.78 is 0. The molecule has 3 heterocycles. The molecule has 0 unspecified atom stereocenters. The van der Waals surface area contributed by atoms with Gasteiger partial charge >= 0.3 is 0 Å². The van der Waals surface area contributed by atoms with Crippen molar-refractivity contribution in [1.82, 2.24) is 20.6 Å². The average molecular weight is 366 g/mol. The van der Waals surface area contributed by atoms with Crippen LogP contribution in [0.25, 0.3) is 0 Å². The van der Waals surface area contributed by atoms with Crippen molar-refractivity contribution in [2.24, 2.45) is 0 Å². The maximum atomic E-state index is 12.7. The van der Waals surface area contributed by atoms with Crippen LogP contribution >= 0.6 is 11.3 Å². The molecule has 0 spiro atoms. The van der Waals surface area contributed by atoms with Gasteiger partial charge in [-0.25, -0.2) is 0 Å². The molecule has 0 aliphatic rings. The fourth-order valence-corrected chi connectivity index (χ4v) is 3.47. The van der Waals surface area contributed by atoms with Crippen LogP contribution in [0.1, 0.15) is 22.0 Å². The van der Waals surface area contributed by atoms with Crippen molar-refractivity contribution in [3.8, 4) is 0 Å². The number of pyridine rings is 2. The van der Waals surface area contributed by atoms with Gasteiger partial charge in [-0.2, -0.15) is 0 Å². The van der Waals surface area contributed by atoms with E-state index in [-0.39, 0.29) is 11.9 Å². The van der Waals surface area contributed by atoms with E-state index in [1.165, 1.54) is 11.1 Å². The van der Waals surface area contributed by atoms with Crippen LogP contribution in [-0.2, 0) is 17.6 Å². The highest BCUT2D eigenvalue weighted by molar-refractivity contribution is 7.10. The highest BCUT2D eigenvalue weighted by atomic mass is 32.1. The third-order valence-corrected chi connectivity index (χ3v) is 5.00. The van der Waals surface area contributed by atoms with Gasteiger partial charge in [-0.15, -0.1) is 11.3 Å². The molecule has 134 valence electrons. The molecule has 2 N–H and O–H groups in total. The zero-order chi connectivity index (χ0) is 18.0. The third kappa shape index (κ3) is 5.47. The minimum absolute atomic E-state index is 0.0104. The van der Waals surface area contributed by atoms with Crippen LogP contribution in [0.4, 0.5) is 0 Å². The van der Waals surface area contributed by atoms with Crippen LogP contribution in [0.2, 0.25) is 0 Å². The molecule has 0 aliphatic heterocycles. The van der Waals surface area contributed by atoms with Crippen molar-refractivity contribution < 1.29 is 4.79 Å². The van der Waals surface area contributed by atoms with Gasteiger partial charge in [0.05, 0.1) is 0 Å². The number of hydrogen-bond donors (Lipinski definition) is 2. The number of hydrogen-bond acceptors (Lipinski definition) is 5. The van der Waals surface area contributed by atoms with E-state index in [9.17, 15) is 4.79 Å². The van der Waals surface area contributed by atoms with E-state index in [1.807, 2.05) is 41.8 Å². The van der Waals surface area contributed by atoms with Crippen LogP contribution in [0.5, 0.6) is 0 Å². The van der Waals surface area contributed by atoms with E-state index < -0.39 is 0 Å². The number of nitrogens with one attached hydrogen (secondary N) is 2. The standard InChI is InChI=1S/C20H22N4OS/c25-20(24-14-8-17-5-11-22-12-6-17)19(18-2-1-15-26-18)23-13-7-16-3-9-21-10-4-16/h1-6,9-12,15,19,23H,7-8,13-14H2,(H,24,25)/t19-/m1/s1. The van der Waals surface area contributed by atoms with Gasteiger partial charge in [-0.3, -0.25) is 14.8 Å². The van der Waals surface area contributed by atoms with Crippen molar-refractivity contribution in [3.05, 3.63) is 82.6 Å². The predicted octanol–water partition coefficient (Wildman–Crippen LogP) is 2.77. The Labute approximate surface area is 157 Å². The lowest BCUT2D eigenvalue weighted by Gasteiger charge is -2.17. The van der Waals surface area contributed by atoms with Crippen molar-refractivity contribution in [3.63, 3.8) is 0 Å². The minimum Gasteiger partial charge on any atom is -0.354 e. The van der Waals surface area contributed by atoms with Gasteiger partial charge in [0.2, 0.25) is 5.91 Å². The van der Waals surface area contributed by atoms with Gasteiger partial charge in [0.25, 0.3) is 0 Å². The Morgan fingerprint density at radius 1 is 0.923 bits per heavy atom. The van der Waals surface area contributed by atoms with E-state index in [1.54, 1.807) is 36.1 Å². The molecular weight excluding hydrogens is 344 g/mol. The Morgan fingerprint density at radius 3 is 2.12 bits per heavy atom. The second-order valence-electron chi connectivity index (χ2n) is 5.90.